The van der Waals surface area contributed by atoms with Gasteiger partial charge in [-0.05, 0) is 225 Å². The van der Waals surface area contributed by atoms with Gasteiger partial charge in [0.2, 0.25) is 18.6 Å². The van der Waals surface area contributed by atoms with E-state index in [0.717, 1.165) is 66.4 Å². The SMILES string of the molecule is CC(C)(C)C(C#[N+][O-])c1ccc(OCC(COc2ccc(C(C#[N+][O-])C(C)(C)C)cc2)COc2ccc(C(C#[N+][O-])C(C)(C)C)cc2)cc1.CCC(CC)CC.O=Cc1ccc(O)cc1.O=Cc1ccc(OCC(COc2ccc(C=O)cc2)COc2ccc(C=O)cc2)cc1.O=[N+]([O-])/C=C/c1ccc(OCC(COc2ccc(/C=C/[N+](=O)[O-])cc2)COc2ccc(/C=C/[N+](=O)[O-])cc2)cc1. The third kappa shape index (κ3) is 41.7. The highest BCUT2D eigenvalue weighted by Gasteiger charge is 2.33. The van der Waals surface area contributed by atoms with Gasteiger partial charge >= 0.3 is 18.2 Å². The van der Waals surface area contributed by atoms with Crippen molar-refractivity contribution in [2.24, 2.45) is 39.9 Å². The summed E-state index contributed by atoms with van der Waals surface area (Å²) in [6.45, 7) is 27.8. The smallest absolute Gasteiger partial charge is 0.307 e. The molecular weight excluding hydrogens is 1740 g/mol. The lowest BCUT2D eigenvalue weighted by atomic mass is 9.77. The minimum absolute atomic E-state index is 0.109. The van der Waals surface area contributed by atoms with Gasteiger partial charge in [0.1, 0.15) is 100 Å². The summed E-state index contributed by atoms with van der Waals surface area (Å²) in [7, 11) is 0. The number of ether oxygens (including phenoxy) is 9. The number of carbonyl (C=O) groups excluding carboxylic acids is 4. The van der Waals surface area contributed by atoms with Gasteiger partial charge in [-0.3, -0.25) is 49.5 Å². The zero-order valence-electron chi connectivity index (χ0n) is 78.5. The van der Waals surface area contributed by atoms with Gasteiger partial charge < -0.3 is 63.4 Å². The first-order chi connectivity index (χ1) is 65.2. The van der Waals surface area contributed by atoms with E-state index < -0.39 is 14.8 Å². The van der Waals surface area contributed by atoms with Gasteiger partial charge in [0.25, 0.3) is 0 Å². The number of hydrogen-bond donors (Lipinski definition) is 1. The highest BCUT2D eigenvalue weighted by molar-refractivity contribution is 5.76. The van der Waals surface area contributed by atoms with Crippen LogP contribution in [0.5, 0.6) is 57.5 Å². The van der Waals surface area contributed by atoms with Crippen LogP contribution in [0, 0.1) is 104 Å². The Hall–Kier alpha value is -15.8. The van der Waals surface area contributed by atoms with Crippen molar-refractivity contribution in [1.82, 2.24) is 0 Å². The number of rotatable bonds is 43. The van der Waals surface area contributed by atoms with Gasteiger partial charge in [0, 0.05) is 55.5 Å². The van der Waals surface area contributed by atoms with Crippen LogP contribution in [0.3, 0.4) is 0 Å². The molecule has 0 fully saturated rings. The van der Waals surface area contributed by atoms with E-state index >= 15 is 0 Å². The summed E-state index contributed by atoms with van der Waals surface area (Å²) < 4.78 is 53.9. The molecule has 0 saturated heterocycles. The minimum atomic E-state index is -0.539. The number of phenolic OH excluding ortho intramolecular Hbond substituents is 1. The first-order valence-corrected chi connectivity index (χ1v) is 44.0. The predicted molar refractivity (Wildman–Crippen MR) is 528 cm³/mol. The van der Waals surface area contributed by atoms with Gasteiger partial charge in [0.05, 0.1) is 92.0 Å². The lowest BCUT2D eigenvalue weighted by Crippen LogP contribution is -2.26. The summed E-state index contributed by atoms with van der Waals surface area (Å²) in [5.41, 5.74) is 6.37. The molecule has 3 unspecified atom stereocenters. The van der Waals surface area contributed by atoms with E-state index in [-0.39, 0.29) is 77.3 Å². The van der Waals surface area contributed by atoms with Crippen molar-refractivity contribution in [2.45, 2.75) is 120 Å². The number of hydrogen-bond acceptors (Lipinski definition) is 23. The molecule has 0 saturated carbocycles. The lowest BCUT2D eigenvalue weighted by Gasteiger charge is -2.24. The molecule has 10 rings (SSSR count). The Kier molecular flexibility index (Phi) is 46.6. The van der Waals surface area contributed by atoms with Gasteiger partial charge in [0.15, 0.2) is 0 Å². The third-order valence-electron chi connectivity index (χ3n) is 20.8. The molecule has 714 valence electrons. The van der Waals surface area contributed by atoms with Crippen molar-refractivity contribution in [3.05, 3.63) is 378 Å². The monoisotopic (exact) mass is 1850 g/mol. The molecule has 3 atom stereocenters. The summed E-state index contributed by atoms with van der Waals surface area (Å²) >= 11 is 0. The molecule has 0 bridgehead atoms. The molecule has 1 N–H and O–H groups in total. The van der Waals surface area contributed by atoms with Crippen LogP contribution in [-0.4, -0.2) is 104 Å². The maximum atomic E-state index is 11.0. The second-order valence-electron chi connectivity index (χ2n) is 34.5. The molecule has 0 aliphatic carbocycles. The van der Waals surface area contributed by atoms with E-state index in [4.69, 9.17) is 47.7 Å². The number of aldehydes is 4. The van der Waals surface area contributed by atoms with Crippen LogP contribution in [0.2, 0.25) is 0 Å². The average Bonchev–Trinajstić information content (AvgIpc) is 0.837. The molecule has 29 heteroatoms. The summed E-state index contributed by atoms with van der Waals surface area (Å²) in [5.74, 6) is 5.54. The zero-order valence-corrected chi connectivity index (χ0v) is 78.5. The Bertz CT molecular complexity index is 5080. The fraction of sp³-hybridized carbons (Fsp3) is 0.318. The number of carbonyl (C=O) groups is 4. The van der Waals surface area contributed by atoms with Crippen LogP contribution in [-0.2, 0) is 0 Å². The van der Waals surface area contributed by atoms with Gasteiger partial charge in [-0.15, -0.1) is 0 Å². The molecule has 0 aliphatic rings. The molecule has 10 aromatic carbocycles. The predicted octanol–water partition coefficient (Wildman–Crippen LogP) is 24.6. The van der Waals surface area contributed by atoms with E-state index in [2.05, 4.69) is 54.0 Å². The molecule has 0 amide bonds. The fourth-order valence-electron chi connectivity index (χ4n) is 12.9. The van der Waals surface area contributed by atoms with Crippen molar-refractivity contribution in [3.8, 4) is 75.7 Å². The molecule has 0 aliphatic heterocycles. The first kappa shape index (κ1) is 109. The largest absolute Gasteiger partial charge is 0.508 e. The molecule has 0 radical (unpaired) electrons. The summed E-state index contributed by atoms with van der Waals surface area (Å²) in [4.78, 5) is 72.3. The molecular formula is C107H118N6O23. The van der Waals surface area contributed by atoms with Crippen LogP contribution in [0.4, 0.5) is 0 Å². The minimum Gasteiger partial charge on any atom is -0.508 e. The summed E-state index contributed by atoms with van der Waals surface area (Å²) in [6.07, 6.45) is 13.8. The van der Waals surface area contributed by atoms with Crippen LogP contribution < -0.4 is 42.6 Å². The second-order valence-corrected chi connectivity index (χ2v) is 34.5. The normalized spacial score (nSPS) is 11.8. The lowest BCUT2D eigenvalue weighted by molar-refractivity contribution is -0.401. The third-order valence-corrected chi connectivity index (χ3v) is 20.8. The van der Waals surface area contributed by atoms with Crippen molar-refractivity contribution >= 4 is 43.4 Å². The molecule has 0 aromatic heterocycles. The molecule has 0 spiro atoms. The standard InChI is InChI=1S/C40H49N3O6.C28H25N3O9.C25H22O6.C7H6O2.C7H16/c1-38(2,3)35(22-41-44)29-10-16-32(17-11-29)47-25-28(26-48-33-18-12-30(13-19-33)36(23-42-45)39(4,5)6)27-49-34-20-14-31(15-21-34)37(24-43-46)40(7,8)9;32-29(33)16-13-22-1-7-26(8-2-22)38-19-25(20-39-27-9-3-23(4-10-27)14-17-30(34)35)21-40-28-11-5-24(6-12-28)15-18-31(36)37;26-13-19-1-7-23(8-2-19)29-16-22(17-30-24-9-3-20(14-27)4-10-24)18-31-25-11-5-21(15-28)6-12-25;8-5-6-1-3-7(9)4-2-6;1-4-7(5-2)6-3/h10-21,28,35-37H,25-27H2,1-9H3;1-18,25H,19-21H2;1-15,22H,16-18H2;1-5,9H;7H,4-6H2,1-3H3/b;16-13+,17-14+,18-15+;;;. The van der Waals surface area contributed by atoms with Crippen molar-refractivity contribution in [2.75, 3.05) is 59.5 Å². The molecule has 29 nitrogen and oxygen atoms in total. The van der Waals surface area contributed by atoms with Crippen LogP contribution in [0.1, 0.15) is 195 Å². The Balaban J connectivity index is 0.000000293. The van der Waals surface area contributed by atoms with Crippen LogP contribution in [0.15, 0.2) is 261 Å². The maximum absolute atomic E-state index is 11.0. The highest BCUT2D eigenvalue weighted by atomic mass is 16.6. The van der Waals surface area contributed by atoms with E-state index in [1.165, 1.54) is 49.6 Å². The van der Waals surface area contributed by atoms with Crippen molar-refractivity contribution in [3.63, 3.8) is 0 Å². The number of nitro groups is 3. The van der Waals surface area contributed by atoms with E-state index in [9.17, 15) is 65.1 Å². The van der Waals surface area contributed by atoms with Crippen molar-refractivity contribution < 1.29 is 81.7 Å². The average molecular weight is 1860 g/mol. The van der Waals surface area contributed by atoms with Crippen molar-refractivity contribution in [1.29, 1.82) is 0 Å². The Morgan fingerprint density at radius 3 is 0.581 bits per heavy atom. The number of nitrogens with zero attached hydrogens (tertiary/aromatic N) is 6. The topological polar surface area (TPSA) is 383 Å². The number of benzene rings is 10. The van der Waals surface area contributed by atoms with E-state index in [0.29, 0.717) is 130 Å². The Labute approximate surface area is 794 Å². The van der Waals surface area contributed by atoms with Crippen LogP contribution in [0.25, 0.3) is 33.3 Å². The summed E-state index contributed by atoms with van der Waals surface area (Å²) in [5, 5.41) is 82.0. The highest BCUT2D eigenvalue weighted by Crippen LogP contribution is 2.39. The Morgan fingerprint density at radius 2 is 0.441 bits per heavy atom. The first-order valence-electron chi connectivity index (χ1n) is 44.0. The van der Waals surface area contributed by atoms with E-state index in [1.54, 1.807) is 158 Å². The zero-order chi connectivity index (χ0) is 99.3. The molecule has 0 heterocycles. The van der Waals surface area contributed by atoms with Gasteiger partial charge in [-0.2, -0.15) is 0 Å². The van der Waals surface area contributed by atoms with E-state index in [1.807, 2.05) is 135 Å². The quantitative estimate of drug-likeness (QED) is 0.0211. The Morgan fingerprint density at radius 1 is 0.279 bits per heavy atom. The second kappa shape index (κ2) is 58.1. The number of phenols is 1. The van der Waals surface area contributed by atoms with Crippen LogP contribution >= 0.6 is 0 Å². The maximum Gasteiger partial charge on any atom is 0.307 e. The fourth-order valence-corrected chi connectivity index (χ4v) is 12.9. The van der Waals surface area contributed by atoms with Gasteiger partial charge in [-0.1, -0.05) is 175 Å². The summed E-state index contributed by atoms with van der Waals surface area (Å²) in [6, 6.07) is 77.8. The van der Waals surface area contributed by atoms with Gasteiger partial charge in [-0.25, -0.2) is 0 Å². The molecule has 136 heavy (non-hydrogen) atoms. The number of aromatic hydroxyl groups is 1. The molecule has 10 aromatic rings.